The van der Waals surface area contributed by atoms with Gasteiger partial charge in [0.2, 0.25) is 0 Å². The first kappa shape index (κ1) is 19.3. The third-order valence-electron chi connectivity index (χ3n) is 3.91. The molecule has 3 unspecified atom stereocenters. The molecule has 0 radical (unpaired) electrons. The Morgan fingerprint density at radius 3 is 2.12 bits per heavy atom. The molecule has 0 spiro atoms. The molecule has 0 amide bonds. The maximum Gasteiger partial charge on any atom is 0.119 e. The van der Waals surface area contributed by atoms with Crippen LogP contribution in [0.1, 0.15) is 38.9 Å². The fourth-order valence-corrected chi connectivity index (χ4v) is 2.53. The first-order valence-electron chi connectivity index (χ1n) is 8.88. The number of nitrogen functional groups attached to an aromatic ring is 1. The van der Waals surface area contributed by atoms with Crippen LogP contribution in [0, 0.1) is 0 Å². The lowest BCUT2D eigenvalue weighted by Gasteiger charge is -2.22. The quantitative estimate of drug-likeness (QED) is 0.640. The summed E-state index contributed by atoms with van der Waals surface area (Å²) in [4.78, 5) is 0. The molecule has 0 fully saturated rings. The van der Waals surface area contributed by atoms with Crippen molar-refractivity contribution in [2.24, 2.45) is 0 Å². The van der Waals surface area contributed by atoms with Crippen molar-refractivity contribution in [3.8, 4) is 5.75 Å². The lowest BCUT2D eigenvalue weighted by molar-refractivity contribution is -0.0546. The monoisotopic (exact) mass is 343 g/mol. The van der Waals surface area contributed by atoms with Crippen LogP contribution < -0.4 is 10.5 Å². The molecule has 3 atom stereocenters. The van der Waals surface area contributed by atoms with E-state index in [1.54, 1.807) is 0 Å². The van der Waals surface area contributed by atoms with Crippen LogP contribution in [0.4, 0.5) is 5.69 Å². The minimum absolute atomic E-state index is 0.00947. The van der Waals surface area contributed by atoms with E-state index in [9.17, 15) is 0 Å². The van der Waals surface area contributed by atoms with Gasteiger partial charge >= 0.3 is 0 Å². The van der Waals surface area contributed by atoms with E-state index in [0.29, 0.717) is 13.2 Å². The minimum Gasteiger partial charge on any atom is -0.488 e. The van der Waals surface area contributed by atoms with Gasteiger partial charge in [0, 0.05) is 5.69 Å². The van der Waals surface area contributed by atoms with Gasteiger partial charge < -0.3 is 19.9 Å². The van der Waals surface area contributed by atoms with Gasteiger partial charge in [-0.25, -0.2) is 0 Å². The standard InChI is InChI=1S/C21H29NO3/c1-4-21(18-8-6-5-7-9-18)24-14-16(2)23-15-17(3)25-20-12-10-19(22)11-13-20/h5-13,16-17,21H,4,14-15,22H2,1-3H3. The van der Waals surface area contributed by atoms with E-state index in [-0.39, 0.29) is 18.3 Å². The molecule has 2 N–H and O–H groups in total. The van der Waals surface area contributed by atoms with E-state index in [1.165, 1.54) is 5.56 Å². The Kier molecular flexibility index (Phi) is 7.76. The van der Waals surface area contributed by atoms with Crippen LogP contribution >= 0.6 is 0 Å². The number of nitrogens with two attached hydrogens (primary N) is 1. The molecule has 4 heteroatoms. The van der Waals surface area contributed by atoms with Crippen LogP contribution in [-0.4, -0.2) is 25.4 Å². The fourth-order valence-electron chi connectivity index (χ4n) is 2.53. The van der Waals surface area contributed by atoms with Gasteiger partial charge in [-0.2, -0.15) is 0 Å². The topological polar surface area (TPSA) is 53.7 Å². The SMILES string of the molecule is CCC(OCC(C)OCC(C)Oc1ccc(N)cc1)c1ccccc1. The third-order valence-corrected chi connectivity index (χ3v) is 3.91. The third kappa shape index (κ3) is 6.77. The Bertz CT molecular complexity index is 600. The second-order valence-electron chi connectivity index (χ2n) is 6.28. The highest BCUT2D eigenvalue weighted by atomic mass is 16.6. The van der Waals surface area contributed by atoms with Crippen molar-refractivity contribution >= 4 is 5.69 Å². The highest BCUT2D eigenvalue weighted by Gasteiger charge is 2.13. The van der Waals surface area contributed by atoms with Gasteiger partial charge in [-0.05, 0) is 50.1 Å². The summed E-state index contributed by atoms with van der Waals surface area (Å²) in [5, 5.41) is 0. The van der Waals surface area contributed by atoms with E-state index in [0.717, 1.165) is 17.9 Å². The molecule has 0 aliphatic rings. The van der Waals surface area contributed by atoms with Gasteiger partial charge in [-0.1, -0.05) is 37.3 Å². The number of hydrogen-bond donors (Lipinski definition) is 1. The normalized spacial score (nSPS) is 14.7. The average molecular weight is 343 g/mol. The summed E-state index contributed by atoms with van der Waals surface area (Å²) in [6, 6.07) is 17.7. The highest BCUT2D eigenvalue weighted by Crippen LogP contribution is 2.21. The lowest BCUT2D eigenvalue weighted by Crippen LogP contribution is -2.25. The van der Waals surface area contributed by atoms with Gasteiger partial charge in [0.1, 0.15) is 11.9 Å². The molecule has 0 heterocycles. The van der Waals surface area contributed by atoms with Gasteiger partial charge in [0.15, 0.2) is 0 Å². The maximum atomic E-state index is 6.02. The zero-order valence-electron chi connectivity index (χ0n) is 15.4. The van der Waals surface area contributed by atoms with Crippen LogP contribution in [0.2, 0.25) is 0 Å². The number of anilines is 1. The van der Waals surface area contributed by atoms with Crippen molar-refractivity contribution in [2.75, 3.05) is 18.9 Å². The van der Waals surface area contributed by atoms with Crippen molar-refractivity contribution in [3.05, 3.63) is 60.2 Å². The summed E-state index contributed by atoms with van der Waals surface area (Å²) in [5.74, 6) is 0.796. The predicted octanol–water partition coefficient (Wildman–Crippen LogP) is 4.61. The molecule has 0 bridgehead atoms. The van der Waals surface area contributed by atoms with Crippen LogP contribution in [0.25, 0.3) is 0 Å². The Hall–Kier alpha value is -2.04. The molecule has 2 aromatic rings. The molecule has 0 aliphatic carbocycles. The van der Waals surface area contributed by atoms with E-state index >= 15 is 0 Å². The minimum atomic E-state index is -0.0397. The van der Waals surface area contributed by atoms with Gasteiger partial charge in [-0.3, -0.25) is 0 Å². The zero-order valence-corrected chi connectivity index (χ0v) is 15.4. The molecule has 2 rings (SSSR count). The number of hydrogen-bond acceptors (Lipinski definition) is 4. The first-order valence-corrected chi connectivity index (χ1v) is 8.88. The Morgan fingerprint density at radius 1 is 0.840 bits per heavy atom. The summed E-state index contributed by atoms with van der Waals surface area (Å²) in [7, 11) is 0. The van der Waals surface area contributed by atoms with E-state index < -0.39 is 0 Å². The van der Waals surface area contributed by atoms with E-state index in [4.69, 9.17) is 19.9 Å². The largest absolute Gasteiger partial charge is 0.488 e. The maximum absolute atomic E-state index is 6.02. The van der Waals surface area contributed by atoms with Gasteiger partial charge in [0.25, 0.3) is 0 Å². The molecular weight excluding hydrogens is 314 g/mol. The second-order valence-corrected chi connectivity index (χ2v) is 6.28. The van der Waals surface area contributed by atoms with Crippen molar-refractivity contribution < 1.29 is 14.2 Å². The Labute approximate surface area is 150 Å². The Balaban J connectivity index is 1.70. The summed E-state index contributed by atoms with van der Waals surface area (Å²) in [6.07, 6.45) is 1.01. The van der Waals surface area contributed by atoms with Crippen molar-refractivity contribution in [1.82, 2.24) is 0 Å². The second kappa shape index (κ2) is 10.1. The van der Waals surface area contributed by atoms with Crippen LogP contribution in [0.3, 0.4) is 0 Å². The summed E-state index contributed by atoms with van der Waals surface area (Å²) in [6.45, 7) is 7.21. The summed E-state index contributed by atoms with van der Waals surface area (Å²) < 4.78 is 17.7. The van der Waals surface area contributed by atoms with E-state index in [2.05, 4.69) is 19.1 Å². The number of rotatable bonds is 10. The van der Waals surface area contributed by atoms with E-state index in [1.807, 2.05) is 56.3 Å². The number of benzene rings is 2. The molecule has 0 aromatic heterocycles. The zero-order chi connectivity index (χ0) is 18.1. The van der Waals surface area contributed by atoms with Crippen molar-refractivity contribution in [1.29, 1.82) is 0 Å². The Morgan fingerprint density at radius 2 is 1.48 bits per heavy atom. The molecule has 25 heavy (non-hydrogen) atoms. The van der Waals surface area contributed by atoms with Crippen LogP contribution in [0.15, 0.2) is 54.6 Å². The molecule has 0 saturated carbocycles. The molecule has 0 saturated heterocycles. The average Bonchev–Trinajstić information content (AvgIpc) is 2.63. The van der Waals surface area contributed by atoms with Crippen molar-refractivity contribution in [2.45, 2.75) is 45.5 Å². The molecule has 0 aliphatic heterocycles. The fraction of sp³-hybridized carbons (Fsp3) is 0.429. The molecule has 136 valence electrons. The van der Waals surface area contributed by atoms with Gasteiger partial charge in [-0.15, -0.1) is 0 Å². The molecular formula is C21H29NO3. The lowest BCUT2D eigenvalue weighted by atomic mass is 10.1. The molecule has 4 nitrogen and oxygen atoms in total. The van der Waals surface area contributed by atoms with Gasteiger partial charge in [0.05, 0.1) is 25.4 Å². The predicted molar refractivity (Wildman–Crippen MR) is 102 cm³/mol. The van der Waals surface area contributed by atoms with Crippen LogP contribution in [-0.2, 0) is 9.47 Å². The molecule has 2 aromatic carbocycles. The van der Waals surface area contributed by atoms with Crippen molar-refractivity contribution in [3.63, 3.8) is 0 Å². The highest BCUT2D eigenvalue weighted by molar-refractivity contribution is 5.41. The summed E-state index contributed by atoms with van der Waals surface area (Å²) in [5.41, 5.74) is 7.61. The first-order chi connectivity index (χ1) is 12.1. The smallest absolute Gasteiger partial charge is 0.119 e. The number of ether oxygens (including phenoxy) is 3. The van der Waals surface area contributed by atoms with Crippen LogP contribution in [0.5, 0.6) is 5.75 Å². The summed E-state index contributed by atoms with van der Waals surface area (Å²) >= 11 is 0.